The minimum absolute atomic E-state index is 0.299. The quantitative estimate of drug-likeness (QED) is 0.377. The van der Waals surface area contributed by atoms with Crippen molar-refractivity contribution in [3.8, 4) is 23.2 Å². The molecule has 0 atom stereocenters. The number of rotatable bonds is 8. The Hall–Kier alpha value is -4.05. The highest BCUT2D eigenvalue weighted by Gasteiger charge is 2.20. The zero-order valence-electron chi connectivity index (χ0n) is 19.0. The second kappa shape index (κ2) is 9.61. The summed E-state index contributed by atoms with van der Waals surface area (Å²) in [5.74, 6) is -0.381. The van der Waals surface area contributed by atoms with E-state index in [1.54, 1.807) is 19.1 Å². The summed E-state index contributed by atoms with van der Waals surface area (Å²) in [6.45, 7) is 7.11. The van der Waals surface area contributed by atoms with E-state index in [0.29, 0.717) is 48.1 Å². The van der Waals surface area contributed by atoms with Crippen LogP contribution < -0.4 is 4.74 Å². The van der Waals surface area contributed by atoms with Gasteiger partial charge in [-0.3, -0.25) is 4.57 Å². The van der Waals surface area contributed by atoms with Crippen molar-refractivity contribution in [1.82, 2.24) is 14.5 Å². The van der Waals surface area contributed by atoms with Gasteiger partial charge in [0.15, 0.2) is 0 Å². The molecular formula is C26H26N4O3. The summed E-state index contributed by atoms with van der Waals surface area (Å²) in [5, 5.41) is 9.39. The van der Waals surface area contributed by atoms with Crippen LogP contribution >= 0.6 is 0 Å². The van der Waals surface area contributed by atoms with Gasteiger partial charge in [-0.25, -0.2) is 4.79 Å². The Kier molecular flexibility index (Phi) is 6.45. The summed E-state index contributed by atoms with van der Waals surface area (Å²) >= 11 is 0. The molecular weight excluding hydrogens is 416 g/mol. The van der Waals surface area contributed by atoms with Gasteiger partial charge in [0.05, 0.1) is 36.4 Å². The summed E-state index contributed by atoms with van der Waals surface area (Å²) in [6.07, 6.45) is 2.69. The van der Waals surface area contributed by atoms with Crippen LogP contribution in [0.1, 0.15) is 47.4 Å². The highest BCUT2D eigenvalue weighted by Crippen LogP contribution is 2.29. The topological polar surface area (TPSA) is 92.9 Å². The fraction of sp³-hybridized carbons (Fsp3) is 0.269. The minimum Gasteiger partial charge on any atom is -0.465 e. The van der Waals surface area contributed by atoms with Crippen molar-refractivity contribution >= 4 is 17.0 Å². The molecule has 2 aromatic heterocycles. The first-order chi connectivity index (χ1) is 16.1. The Labute approximate surface area is 192 Å². The van der Waals surface area contributed by atoms with Crippen LogP contribution in [0.25, 0.3) is 22.2 Å². The molecule has 4 rings (SSSR count). The normalized spacial score (nSPS) is 10.8. The standard InChI is InChI=1S/C26H26N4O3/c1-4-13-33-26-29-21-8-6-7-20(25(31)32-5-2)24(21)30(26)16-18-9-11-19(12-10-18)23-17(3)15-28-22(23)14-27/h6-12,15,28H,4-5,13,16H2,1-3H3. The fourth-order valence-corrected chi connectivity index (χ4v) is 3.93. The van der Waals surface area contributed by atoms with Gasteiger partial charge in [0.2, 0.25) is 0 Å². The van der Waals surface area contributed by atoms with Gasteiger partial charge in [-0.05, 0) is 49.1 Å². The molecule has 2 aromatic carbocycles. The lowest BCUT2D eigenvalue weighted by Crippen LogP contribution is -2.10. The maximum Gasteiger partial charge on any atom is 0.340 e. The van der Waals surface area contributed by atoms with Crippen molar-refractivity contribution in [3.05, 3.63) is 71.0 Å². The minimum atomic E-state index is -0.381. The number of nitriles is 1. The Morgan fingerprint density at radius 1 is 1.18 bits per heavy atom. The van der Waals surface area contributed by atoms with Gasteiger partial charge in [0.1, 0.15) is 11.8 Å². The van der Waals surface area contributed by atoms with Gasteiger partial charge < -0.3 is 14.5 Å². The Morgan fingerprint density at radius 3 is 2.67 bits per heavy atom. The molecule has 0 bridgehead atoms. The number of nitrogens with one attached hydrogen (secondary N) is 1. The molecule has 1 N–H and O–H groups in total. The van der Waals surface area contributed by atoms with Gasteiger partial charge in [-0.2, -0.15) is 10.2 Å². The number of para-hydroxylation sites is 1. The lowest BCUT2D eigenvalue weighted by atomic mass is 10.0. The van der Waals surface area contributed by atoms with E-state index in [2.05, 4.69) is 16.0 Å². The van der Waals surface area contributed by atoms with Crippen molar-refractivity contribution in [1.29, 1.82) is 5.26 Å². The van der Waals surface area contributed by atoms with Gasteiger partial charge in [-0.1, -0.05) is 37.3 Å². The average molecular weight is 443 g/mol. The van der Waals surface area contributed by atoms with Crippen LogP contribution in [0.15, 0.2) is 48.7 Å². The molecule has 168 valence electrons. The van der Waals surface area contributed by atoms with Gasteiger partial charge in [0, 0.05) is 11.8 Å². The first kappa shape index (κ1) is 22.2. The van der Waals surface area contributed by atoms with Crippen LogP contribution in [-0.4, -0.2) is 33.7 Å². The van der Waals surface area contributed by atoms with E-state index in [1.165, 1.54) is 0 Å². The second-order valence-electron chi connectivity index (χ2n) is 7.75. The fourth-order valence-electron chi connectivity index (χ4n) is 3.93. The lowest BCUT2D eigenvalue weighted by Gasteiger charge is -2.12. The number of aromatic amines is 1. The molecule has 0 saturated carbocycles. The number of aryl methyl sites for hydroxylation is 1. The van der Waals surface area contributed by atoms with Crippen molar-refractivity contribution in [3.63, 3.8) is 0 Å². The monoisotopic (exact) mass is 442 g/mol. The third-order valence-corrected chi connectivity index (χ3v) is 5.43. The molecule has 7 heteroatoms. The van der Waals surface area contributed by atoms with Crippen LogP contribution in [0.2, 0.25) is 0 Å². The van der Waals surface area contributed by atoms with Gasteiger partial charge >= 0.3 is 5.97 Å². The SMILES string of the molecule is CCCOc1nc2cccc(C(=O)OCC)c2n1Cc1ccc(-c2c(C)c[nH]c2C#N)cc1. The van der Waals surface area contributed by atoms with Crippen LogP contribution in [0.3, 0.4) is 0 Å². The van der Waals surface area contributed by atoms with E-state index >= 15 is 0 Å². The molecule has 0 unspecified atom stereocenters. The molecule has 0 amide bonds. The van der Waals surface area contributed by atoms with Crippen LogP contribution in [0, 0.1) is 18.3 Å². The van der Waals surface area contributed by atoms with E-state index in [4.69, 9.17) is 9.47 Å². The molecule has 0 aliphatic rings. The van der Waals surface area contributed by atoms with E-state index in [-0.39, 0.29) is 5.97 Å². The summed E-state index contributed by atoms with van der Waals surface area (Å²) < 4.78 is 13.1. The van der Waals surface area contributed by atoms with E-state index in [1.807, 2.05) is 54.9 Å². The van der Waals surface area contributed by atoms with Crippen molar-refractivity contribution in [2.75, 3.05) is 13.2 Å². The van der Waals surface area contributed by atoms with E-state index in [0.717, 1.165) is 28.7 Å². The third-order valence-electron chi connectivity index (χ3n) is 5.43. The lowest BCUT2D eigenvalue weighted by molar-refractivity contribution is 0.0528. The number of carbonyl (C=O) groups is 1. The highest BCUT2D eigenvalue weighted by atomic mass is 16.5. The molecule has 0 fully saturated rings. The first-order valence-corrected chi connectivity index (χ1v) is 11.0. The zero-order chi connectivity index (χ0) is 23.4. The maximum atomic E-state index is 12.6. The van der Waals surface area contributed by atoms with Gasteiger partial charge in [0.25, 0.3) is 6.01 Å². The molecule has 7 nitrogen and oxygen atoms in total. The summed E-state index contributed by atoms with van der Waals surface area (Å²) in [6, 6.07) is 16.2. The van der Waals surface area contributed by atoms with Crippen LogP contribution in [0.4, 0.5) is 0 Å². The summed E-state index contributed by atoms with van der Waals surface area (Å²) in [7, 11) is 0. The average Bonchev–Trinajstić information content (AvgIpc) is 3.38. The Balaban J connectivity index is 1.75. The number of aromatic nitrogens is 3. The summed E-state index contributed by atoms with van der Waals surface area (Å²) in [4.78, 5) is 20.3. The molecule has 33 heavy (non-hydrogen) atoms. The molecule has 0 aliphatic heterocycles. The van der Waals surface area contributed by atoms with E-state index < -0.39 is 0 Å². The number of H-pyrrole nitrogens is 1. The number of benzene rings is 2. The van der Waals surface area contributed by atoms with Crippen LogP contribution in [-0.2, 0) is 11.3 Å². The number of nitrogens with zero attached hydrogens (tertiary/aromatic N) is 3. The number of fused-ring (bicyclic) bond motifs is 1. The first-order valence-electron chi connectivity index (χ1n) is 11.0. The number of imidazole rings is 1. The molecule has 0 radical (unpaired) electrons. The Morgan fingerprint density at radius 2 is 1.97 bits per heavy atom. The summed E-state index contributed by atoms with van der Waals surface area (Å²) in [5.41, 5.74) is 6.32. The molecule has 0 aliphatic carbocycles. The van der Waals surface area contributed by atoms with Crippen molar-refractivity contribution in [2.24, 2.45) is 0 Å². The zero-order valence-corrected chi connectivity index (χ0v) is 19.0. The number of carbonyl (C=O) groups excluding carboxylic acids is 1. The number of hydrogen-bond acceptors (Lipinski definition) is 5. The predicted molar refractivity (Wildman–Crippen MR) is 126 cm³/mol. The van der Waals surface area contributed by atoms with Crippen molar-refractivity contribution in [2.45, 2.75) is 33.7 Å². The molecule has 2 heterocycles. The predicted octanol–water partition coefficient (Wildman–Crippen LogP) is 5.23. The molecule has 0 spiro atoms. The number of hydrogen-bond donors (Lipinski definition) is 1. The van der Waals surface area contributed by atoms with Crippen molar-refractivity contribution < 1.29 is 14.3 Å². The smallest absolute Gasteiger partial charge is 0.340 e. The maximum absolute atomic E-state index is 12.6. The van der Waals surface area contributed by atoms with Gasteiger partial charge in [-0.15, -0.1) is 0 Å². The largest absolute Gasteiger partial charge is 0.465 e. The van der Waals surface area contributed by atoms with E-state index in [9.17, 15) is 10.1 Å². The third kappa shape index (κ3) is 4.33. The molecule has 4 aromatic rings. The number of ether oxygens (including phenoxy) is 2. The Bertz CT molecular complexity index is 1330. The highest BCUT2D eigenvalue weighted by molar-refractivity contribution is 6.02. The molecule has 0 saturated heterocycles. The second-order valence-corrected chi connectivity index (χ2v) is 7.75. The van der Waals surface area contributed by atoms with Crippen LogP contribution in [0.5, 0.6) is 6.01 Å². The number of esters is 1.